The SMILES string of the molecule is C=CCC(=O)C(CC=C)(CC=C)C(O)(O)O. The fourth-order valence-corrected chi connectivity index (χ4v) is 1.59. The smallest absolute Gasteiger partial charge is 0.289 e. The molecule has 0 saturated heterocycles. The minimum Gasteiger partial charge on any atom is -0.343 e. The number of carbonyl (C=O) groups is 1. The Balaban J connectivity index is 5.39. The van der Waals surface area contributed by atoms with E-state index in [2.05, 4.69) is 19.7 Å². The number of rotatable bonds is 8. The van der Waals surface area contributed by atoms with Crippen molar-refractivity contribution in [2.45, 2.75) is 25.2 Å². The van der Waals surface area contributed by atoms with Crippen LogP contribution in [-0.4, -0.2) is 27.1 Å². The summed E-state index contributed by atoms with van der Waals surface area (Å²) in [7, 11) is 0. The van der Waals surface area contributed by atoms with E-state index in [4.69, 9.17) is 0 Å². The molecule has 0 spiro atoms. The summed E-state index contributed by atoms with van der Waals surface area (Å²) in [5, 5.41) is 28.0. The largest absolute Gasteiger partial charge is 0.343 e. The maximum Gasteiger partial charge on any atom is 0.289 e. The van der Waals surface area contributed by atoms with Gasteiger partial charge in [0, 0.05) is 6.42 Å². The Hall–Kier alpha value is -1.23. The van der Waals surface area contributed by atoms with E-state index in [-0.39, 0.29) is 19.3 Å². The first-order valence-corrected chi connectivity index (χ1v) is 4.89. The third-order valence-electron chi connectivity index (χ3n) is 2.49. The predicted molar refractivity (Wildman–Crippen MR) is 61.3 cm³/mol. The fourth-order valence-electron chi connectivity index (χ4n) is 1.59. The lowest BCUT2D eigenvalue weighted by Gasteiger charge is -2.37. The average molecular weight is 226 g/mol. The van der Waals surface area contributed by atoms with Crippen LogP contribution < -0.4 is 0 Å². The second-order valence-electron chi connectivity index (χ2n) is 3.62. The van der Waals surface area contributed by atoms with Gasteiger partial charge in [0.1, 0.15) is 5.41 Å². The van der Waals surface area contributed by atoms with Crippen LogP contribution in [-0.2, 0) is 4.79 Å². The first-order chi connectivity index (χ1) is 7.35. The van der Waals surface area contributed by atoms with Crippen LogP contribution in [0.3, 0.4) is 0 Å². The minimum absolute atomic E-state index is 0.0603. The van der Waals surface area contributed by atoms with E-state index < -0.39 is 17.2 Å². The Morgan fingerprint density at radius 3 is 1.69 bits per heavy atom. The van der Waals surface area contributed by atoms with Crippen molar-refractivity contribution in [3.05, 3.63) is 38.0 Å². The molecule has 0 aromatic heterocycles. The molecule has 0 fully saturated rings. The van der Waals surface area contributed by atoms with Gasteiger partial charge in [0.2, 0.25) is 0 Å². The van der Waals surface area contributed by atoms with Gasteiger partial charge in [-0.15, -0.1) is 19.7 Å². The minimum atomic E-state index is -3.10. The van der Waals surface area contributed by atoms with Gasteiger partial charge < -0.3 is 15.3 Å². The number of aliphatic hydroxyl groups is 3. The highest BCUT2D eigenvalue weighted by molar-refractivity contribution is 5.87. The summed E-state index contributed by atoms with van der Waals surface area (Å²) in [6.45, 7) is 10.3. The maximum absolute atomic E-state index is 11.8. The molecular weight excluding hydrogens is 208 g/mol. The molecule has 0 unspecified atom stereocenters. The lowest BCUT2D eigenvalue weighted by Crippen LogP contribution is -2.53. The monoisotopic (exact) mass is 226 g/mol. The summed E-state index contributed by atoms with van der Waals surface area (Å²) in [6, 6.07) is 0. The predicted octanol–water partition coefficient (Wildman–Crippen LogP) is 0.901. The van der Waals surface area contributed by atoms with Gasteiger partial charge in [-0.05, 0) is 12.8 Å². The summed E-state index contributed by atoms with van der Waals surface area (Å²) >= 11 is 0. The normalized spacial score (nSPS) is 11.9. The van der Waals surface area contributed by atoms with Crippen molar-refractivity contribution < 1.29 is 20.1 Å². The van der Waals surface area contributed by atoms with Crippen molar-refractivity contribution in [1.82, 2.24) is 0 Å². The first-order valence-electron chi connectivity index (χ1n) is 4.89. The fraction of sp³-hybridized carbons (Fsp3) is 0.417. The third-order valence-corrected chi connectivity index (χ3v) is 2.49. The molecular formula is C12H18O4. The molecule has 0 rings (SSSR count). The van der Waals surface area contributed by atoms with Crippen LogP contribution in [0, 0.1) is 5.41 Å². The first kappa shape index (κ1) is 14.8. The molecule has 0 aromatic rings. The van der Waals surface area contributed by atoms with Crippen molar-refractivity contribution in [3.8, 4) is 0 Å². The number of ketones is 1. The van der Waals surface area contributed by atoms with Crippen LogP contribution in [0.15, 0.2) is 38.0 Å². The van der Waals surface area contributed by atoms with Crippen LogP contribution in [0.2, 0.25) is 0 Å². The Morgan fingerprint density at radius 2 is 1.44 bits per heavy atom. The number of hydrogen-bond acceptors (Lipinski definition) is 4. The van der Waals surface area contributed by atoms with Gasteiger partial charge >= 0.3 is 0 Å². The zero-order valence-corrected chi connectivity index (χ0v) is 9.22. The van der Waals surface area contributed by atoms with E-state index in [1.807, 2.05) is 0 Å². The van der Waals surface area contributed by atoms with Crippen molar-refractivity contribution >= 4 is 5.78 Å². The molecule has 0 saturated carbocycles. The van der Waals surface area contributed by atoms with E-state index in [9.17, 15) is 20.1 Å². The maximum atomic E-state index is 11.8. The quantitative estimate of drug-likeness (QED) is 0.424. The van der Waals surface area contributed by atoms with Gasteiger partial charge in [0.25, 0.3) is 5.97 Å². The summed E-state index contributed by atoms with van der Waals surface area (Å²) < 4.78 is 0. The van der Waals surface area contributed by atoms with Crippen molar-refractivity contribution in [1.29, 1.82) is 0 Å². The van der Waals surface area contributed by atoms with Crippen LogP contribution in [0.5, 0.6) is 0 Å². The molecule has 4 nitrogen and oxygen atoms in total. The van der Waals surface area contributed by atoms with E-state index in [0.717, 1.165) is 0 Å². The number of carbonyl (C=O) groups excluding carboxylic acids is 1. The molecule has 0 radical (unpaired) electrons. The Bertz CT molecular complexity index is 276. The van der Waals surface area contributed by atoms with Crippen LogP contribution in [0.4, 0.5) is 0 Å². The summed E-state index contributed by atoms with van der Waals surface area (Å²) in [6.07, 6.45) is 3.86. The molecule has 0 bridgehead atoms. The molecule has 16 heavy (non-hydrogen) atoms. The number of Topliss-reactive ketones (excluding diaryl/α,β-unsaturated/α-hetero) is 1. The van der Waals surface area contributed by atoms with Gasteiger partial charge in [0.05, 0.1) is 0 Å². The summed E-state index contributed by atoms with van der Waals surface area (Å²) in [5.41, 5.74) is -1.73. The van der Waals surface area contributed by atoms with Crippen molar-refractivity contribution in [2.24, 2.45) is 5.41 Å². The molecule has 0 aliphatic heterocycles. The molecule has 3 N–H and O–H groups in total. The summed E-state index contributed by atoms with van der Waals surface area (Å²) in [5.74, 6) is -3.62. The van der Waals surface area contributed by atoms with Crippen molar-refractivity contribution in [2.75, 3.05) is 0 Å². The molecule has 0 amide bonds. The molecule has 90 valence electrons. The topological polar surface area (TPSA) is 77.8 Å². The Kier molecular flexibility index (Phi) is 5.30. The standard InChI is InChI=1S/C12H18O4/c1-4-7-10(13)11(8-5-2,9-6-3)12(14,15)16/h4-6,14-16H,1-3,7-9H2. The molecule has 4 heteroatoms. The number of allylic oxidation sites excluding steroid dienone is 3. The van der Waals surface area contributed by atoms with Gasteiger partial charge in [0.15, 0.2) is 5.78 Å². The second kappa shape index (κ2) is 5.75. The zero-order valence-electron chi connectivity index (χ0n) is 9.22. The van der Waals surface area contributed by atoms with E-state index in [0.29, 0.717) is 0 Å². The van der Waals surface area contributed by atoms with E-state index in [1.54, 1.807) is 0 Å². The zero-order chi connectivity index (χ0) is 12.8. The van der Waals surface area contributed by atoms with Crippen LogP contribution in [0.1, 0.15) is 19.3 Å². The van der Waals surface area contributed by atoms with Crippen LogP contribution in [0.25, 0.3) is 0 Å². The van der Waals surface area contributed by atoms with Crippen molar-refractivity contribution in [3.63, 3.8) is 0 Å². The second-order valence-corrected chi connectivity index (χ2v) is 3.62. The van der Waals surface area contributed by atoms with Gasteiger partial charge in [-0.1, -0.05) is 18.2 Å². The van der Waals surface area contributed by atoms with Crippen LogP contribution >= 0.6 is 0 Å². The van der Waals surface area contributed by atoms with Gasteiger partial charge in [-0.25, -0.2) is 0 Å². The average Bonchev–Trinajstić information content (AvgIpc) is 2.15. The Morgan fingerprint density at radius 1 is 1.00 bits per heavy atom. The highest BCUT2D eigenvalue weighted by Crippen LogP contribution is 2.38. The summed E-state index contributed by atoms with van der Waals surface area (Å²) in [4.78, 5) is 11.8. The highest BCUT2D eigenvalue weighted by atomic mass is 16.7. The lowest BCUT2D eigenvalue weighted by molar-refractivity contribution is -0.363. The number of hydrogen-bond donors (Lipinski definition) is 3. The molecule has 0 atom stereocenters. The lowest BCUT2D eigenvalue weighted by atomic mass is 9.73. The molecule has 0 aromatic carbocycles. The van der Waals surface area contributed by atoms with Gasteiger partial charge in [-0.3, -0.25) is 4.79 Å². The van der Waals surface area contributed by atoms with E-state index >= 15 is 0 Å². The Labute approximate surface area is 95.2 Å². The molecule has 0 aliphatic rings. The molecule has 0 heterocycles. The third kappa shape index (κ3) is 2.88. The van der Waals surface area contributed by atoms with Gasteiger partial charge in [-0.2, -0.15) is 0 Å². The molecule has 0 aliphatic carbocycles. The highest BCUT2D eigenvalue weighted by Gasteiger charge is 2.52. The van der Waals surface area contributed by atoms with E-state index in [1.165, 1.54) is 18.2 Å².